The van der Waals surface area contributed by atoms with E-state index in [0.29, 0.717) is 5.02 Å². The van der Waals surface area contributed by atoms with Crippen molar-refractivity contribution >= 4 is 23.4 Å². The second kappa shape index (κ2) is 7.46. The summed E-state index contributed by atoms with van der Waals surface area (Å²) in [4.78, 5) is 25.7. The monoisotopic (exact) mass is 308 g/mol. The van der Waals surface area contributed by atoms with Gasteiger partial charge in [0.2, 0.25) is 0 Å². The zero-order chi connectivity index (χ0) is 15.2. The quantitative estimate of drug-likeness (QED) is 0.873. The first-order chi connectivity index (χ1) is 10.1. The van der Waals surface area contributed by atoms with Crippen molar-refractivity contribution in [3.05, 3.63) is 34.9 Å². The number of benzene rings is 1. The van der Waals surface area contributed by atoms with Gasteiger partial charge in [0, 0.05) is 24.7 Å². The number of carbonyl (C=O) groups is 2. The molecule has 1 aromatic rings. The second-order valence-corrected chi connectivity index (χ2v) is 5.89. The molecule has 2 rings (SSSR count). The highest BCUT2D eigenvalue weighted by atomic mass is 35.5. The van der Waals surface area contributed by atoms with E-state index >= 15 is 0 Å². The van der Waals surface area contributed by atoms with E-state index in [1.165, 1.54) is 6.42 Å². The normalized spacial score (nSPS) is 15.5. The molecule has 0 aromatic heterocycles. The van der Waals surface area contributed by atoms with Gasteiger partial charge in [0.05, 0.1) is 0 Å². The summed E-state index contributed by atoms with van der Waals surface area (Å²) < 4.78 is 0. The van der Waals surface area contributed by atoms with Crippen LogP contribution >= 0.6 is 11.6 Å². The molecule has 1 aliphatic carbocycles. The molecule has 1 saturated carbocycles. The van der Waals surface area contributed by atoms with Gasteiger partial charge in [0.1, 0.15) is 0 Å². The van der Waals surface area contributed by atoms with E-state index in [1.807, 2.05) is 18.2 Å². The number of carbonyl (C=O) groups excluding carboxylic acids is 2. The third-order valence-corrected chi connectivity index (χ3v) is 4.40. The highest BCUT2D eigenvalue weighted by Crippen LogP contribution is 2.21. The Hall–Kier alpha value is -1.55. The molecule has 1 fully saturated rings. The van der Waals surface area contributed by atoms with Crippen LogP contribution in [-0.4, -0.2) is 29.8 Å². The summed E-state index contributed by atoms with van der Waals surface area (Å²) in [6.45, 7) is 0.267. The average molecular weight is 309 g/mol. The molecule has 1 aromatic carbocycles. The number of hydrogen-bond acceptors (Lipinski definition) is 2. The van der Waals surface area contributed by atoms with E-state index < -0.39 is 11.8 Å². The van der Waals surface area contributed by atoms with Gasteiger partial charge in [-0.25, -0.2) is 0 Å². The molecule has 1 aliphatic rings. The van der Waals surface area contributed by atoms with Crippen LogP contribution in [0.15, 0.2) is 24.3 Å². The first kappa shape index (κ1) is 15.8. The minimum atomic E-state index is -0.567. The molecule has 0 aliphatic heterocycles. The SMILES string of the molecule is CN(C(=O)C(=O)NCc1ccccc1Cl)C1CCCCC1. The Labute approximate surface area is 130 Å². The smallest absolute Gasteiger partial charge is 0.311 e. The van der Waals surface area contributed by atoms with Crippen LogP contribution < -0.4 is 5.32 Å². The second-order valence-electron chi connectivity index (χ2n) is 5.48. The van der Waals surface area contributed by atoms with Crippen LogP contribution in [0.3, 0.4) is 0 Å². The van der Waals surface area contributed by atoms with Gasteiger partial charge in [-0.05, 0) is 24.5 Å². The Morgan fingerprint density at radius 1 is 1.24 bits per heavy atom. The number of nitrogens with zero attached hydrogens (tertiary/aromatic N) is 1. The summed E-state index contributed by atoms with van der Waals surface area (Å²) in [5.41, 5.74) is 0.806. The number of hydrogen-bond donors (Lipinski definition) is 1. The highest BCUT2D eigenvalue weighted by molar-refractivity contribution is 6.35. The van der Waals surface area contributed by atoms with Crippen LogP contribution in [-0.2, 0) is 16.1 Å². The standard InChI is InChI=1S/C16H21ClN2O2/c1-19(13-8-3-2-4-9-13)16(21)15(20)18-11-12-7-5-6-10-14(12)17/h5-7,10,13H,2-4,8-9,11H2,1H3,(H,18,20). The number of likely N-dealkylation sites (N-methyl/N-ethyl adjacent to an activating group) is 1. The minimum Gasteiger partial charge on any atom is -0.344 e. The molecule has 2 amide bonds. The van der Waals surface area contributed by atoms with Gasteiger partial charge in [-0.15, -0.1) is 0 Å². The lowest BCUT2D eigenvalue weighted by Gasteiger charge is -2.30. The maximum atomic E-state index is 12.1. The van der Waals surface area contributed by atoms with Crippen molar-refractivity contribution in [1.29, 1.82) is 0 Å². The Kier molecular flexibility index (Phi) is 5.62. The molecular formula is C16H21ClN2O2. The van der Waals surface area contributed by atoms with Crippen molar-refractivity contribution in [2.45, 2.75) is 44.7 Å². The maximum Gasteiger partial charge on any atom is 0.311 e. The Balaban J connectivity index is 1.87. The molecule has 0 unspecified atom stereocenters. The van der Waals surface area contributed by atoms with Gasteiger partial charge in [-0.3, -0.25) is 9.59 Å². The lowest BCUT2D eigenvalue weighted by Crippen LogP contribution is -2.46. The summed E-state index contributed by atoms with van der Waals surface area (Å²) in [7, 11) is 1.72. The minimum absolute atomic E-state index is 0.192. The van der Waals surface area contributed by atoms with Crippen LogP contribution in [0.25, 0.3) is 0 Å². The third-order valence-electron chi connectivity index (χ3n) is 4.03. The fourth-order valence-electron chi connectivity index (χ4n) is 2.69. The van der Waals surface area contributed by atoms with Crippen molar-refractivity contribution in [2.24, 2.45) is 0 Å². The Morgan fingerprint density at radius 3 is 2.57 bits per heavy atom. The predicted molar refractivity (Wildman–Crippen MR) is 82.9 cm³/mol. The highest BCUT2D eigenvalue weighted by Gasteiger charge is 2.26. The van der Waals surface area contributed by atoms with E-state index in [0.717, 1.165) is 31.2 Å². The molecule has 0 heterocycles. The summed E-state index contributed by atoms with van der Waals surface area (Å²) in [6, 6.07) is 7.47. The summed E-state index contributed by atoms with van der Waals surface area (Å²) in [5.74, 6) is -1.03. The molecule has 5 heteroatoms. The lowest BCUT2D eigenvalue weighted by atomic mass is 9.94. The molecule has 0 radical (unpaired) electrons. The molecule has 4 nitrogen and oxygen atoms in total. The third kappa shape index (κ3) is 4.21. The zero-order valence-corrected chi connectivity index (χ0v) is 13.0. The molecule has 0 atom stereocenters. The van der Waals surface area contributed by atoms with Crippen molar-refractivity contribution in [1.82, 2.24) is 10.2 Å². The Bertz CT molecular complexity index is 513. The molecule has 21 heavy (non-hydrogen) atoms. The topological polar surface area (TPSA) is 49.4 Å². The number of amides is 2. The van der Waals surface area contributed by atoms with Crippen LogP contribution in [0.5, 0.6) is 0 Å². The van der Waals surface area contributed by atoms with E-state index in [9.17, 15) is 9.59 Å². The van der Waals surface area contributed by atoms with Crippen molar-refractivity contribution in [2.75, 3.05) is 7.05 Å². The lowest BCUT2D eigenvalue weighted by molar-refractivity contribution is -0.146. The summed E-state index contributed by atoms with van der Waals surface area (Å²) >= 11 is 6.02. The van der Waals surface area contributed by atoms with Gasteiger partial charge in [0.15, 0.2) is 0 Å². The largest absolute Gasteiger partial charge is 0.344 e. The van der Waals surface area contributed by atoms with Crippen LogP contribution in [0.2, 0.25) is 5.02 Å². The van der Waals surface area contributed by atoms with Crippen molar-refractivity contribution in [3.63, 3.8) is 0 Å². The van der Waals surface area contributed by atoms with Crippen LogP contribution in [0, 0.1) is 0 Å². The number of halogens is 1. The van der Waals surface area contributed by atoms with Crippen LogP contribution in [0.4, 0.5) is 0 Å². The Morgan fingerprint density at radius 2 is 1.90 bits per heavy atom. The van der Waals surface area contributed by atoms with Crippen LogP contribution in [0.1, 0.15) is 37.7 Å². The molecule has 0 bridgehead atoms. The van der Waals surface area contributed by atoms with Gasteiger partial charge < -0.3 is 10.2 Å². The summed E-state index contributed by atoms with van der Waals surface area (Å²) in [6.07, 6.45) is 5.45. The van der Waals surface area contributed by atoms with Gasteiger partial charge in [-0.1, -0.05) is 49.1 Å². The summed E-state index contributed by atoms with van der Waals surface area (Å²) in [5, 5.41) is 3.23. The van der Waals surface area contributed by atoms with E-state index in [-0.39, 0.29) is 12.6 Å². The van der Waals surface area contributed by atoms with Gasteiger partial charge >= 0.3 is 11.8 Å². The molecular weight excluding hydrogens is 288 g/mol. The van der Waals surface area contributed by atoms with Crippen molar-refractivity contribution in [3.8, 4) is 0 Å². The molecule has 1 N–H and O–H groups in total. The first-order valence-electron chi connectivity index (χ1n) is 7.38. The average Bonchev–Trinajstić information content (AvgIpc) is 2.53. The maximum absolute atomic E-state index is 12.1. The van der Waals surface area contributed by atoms with Crippen molar-refractivity contribution < 1.29 is 9.59 Å². The first-order valence-corrected chi connectivity index (χ1v) is 7.76. The van der Waals surface area contributed by atoms with Gasteiger partial charge in [-0.2, -0.15) is 0 Å². The molecule has 0 saturated heterocycles. The van der Waals surface area contributed by atoms with E-state index in [1.54, 1.807) is 18.0 Å². The fraction of sp³-hybridized carbons (Fsp3) is 0.500. The van der Waals surface area contributed by atoms with E-state index in [4.69, 9.17) is 11.6 Å². The fourth-order valence-corrected chi connectivity index (χ4v) is 2.89. The molecule has 114 valence electrons. The van der Waals surface area contributed by atoms with E-state index in [2.05, 4.69) is 5.32 Å². The predicted octanol–water partition coefficient (Wildman–Crippen LogP) is 2.75. The van der Waals surface area contributed by atoms with Gasteiger partial charge in [0.25, 0.3) is 0 Å². The number of nitrogens with one attached hydrogen (secondary N) is 1. The number of rotatable bonds is 3. The zero-order valence-electron chi connectivity index (χ0n) is 12.3. The molecule has 0 spiro atoms.